The predicted molar refractivity (Wildman–Crippen MR) is 116 cm³/mol. The van der Waals surface area contributed by atoms with Gasteiger partial charge in [-0.05, 0) is 62.9 Å². The van der Waals surface area contributed by atoms with E-state index in [0.717, 1.165) is 11.3 Å². The smallest absolute Gasteiger partial charge is 0.307 e. The van der Waals surface area contributed by atoms with Crippen molar-refractivity contribution >= 4 is 21.7 Å². The average Bonchev–Trinajstić information content (AvgIpc) is 3.12. The molecule has 160 valence electrons. The van der Waals surface area contributed by atoms with E-state index in [9.17, 15) is 18.3 Å². The van der Waals surface area contributed by atoms with Gasteiger partial charge in [-0.2, -0.15) is 4.31 Å². The normalized spacial score (nSPS) is 24.6. The van der Waals surface area contributed by atoms with Gasteiger partial charge in [-0.3, -0.25) is 4.79 Å². The molecule has 1 fully saturated rings. The van der Waals surface area contributed by atoms with Crippen LogP contribution in [-0.2, 0) is 27.7 Å². The molecule has 1 unspecified atom stereocenters. The van der Waals surface area contributed by atoms with E-state index < -0.39 is 21.9 Å². The third-order valence-electron chi connectivity index (χ3n) is 6.29. The Kier molecular flexibility index (Phi) is 5.36. The lowest BCUT2D eigenvalue weighted by Crippen LogP contribution is -2.58. The number of nitrogens with zero attached hydrogens (tertiary/aromatic N) is 2. The third-order valence-corrected chi connectivity index (χ3v) is 8.50. The van der Waals surface area contributed by atoms with E-state index in [2.05, 4.69) is 29.2 Å². The van der Waals surface area contributed by atoms with Crippen LogP contribution in [0.5, 0.6) is 0 Å². The van der Waals surface area contributed by atoms with Crippen LogP contribution in [0.15, 0.2) is 47.4 Å². The number of aryl methyl sites for hydroxylation is 1. The summed E-state index contributed by atoms with van der Waals surface area (Å²) < 4.78 is 29.0. The molecule has 0 spiro atoms. The first-order valence-corrected chi connectivity index (χ1v) is 11.8. The van der Waals surface area contributed by atoms with Crippen LogP contribution in [0.4, 0.5) is 5.69 Å². The number of fused-ring (bicyclic) bond motifs is 1. The Bertz CT molecular complexity index is 1050. The highest BCUT2D eigenvalue weighted by atomic mass is 32.2. The minimum atomic E-state index is -3.73. The zero-order chi connectivity index (χ0) is 21.6. The average molecular weight is 429 g/mol. The Morgan fingerprint density at radius 3 is 2.23 bits per heavy atom. The van der Waals surface area contributed by atoms with Gasteiger partial charge in [-0.15, -0.1) is 0 Å². The molecule has 1 aliphatic heterocycles. The maximum Gasteiger partial charge on any atom is 0.307 e. The van der Waals surface area contributed by atoms with Gasteiger partial charge in [-0.25, -0.2) is 8.42 Å². The van der Waals surface area contributed by atoms with E-state index in [-0.39, 0.29) is 23.4 Å². The zero-order valence-electron chi connectivity index (χ0n) is 17.6. The quantitative estimate of drug-likeness (QED) is 0.810. The molecular weight excluding hydrogens is 400 g/mol. The maximum absolute atomic E-state index is 13.7. The number of sulfonamides is 1. The van der Waals surface area contributed by atoms with Crippen molar-refractivity contribution in [3.8, 4) is 0 Å². The Hall–Kier alpha value is -2.38. The Balaban J connectivity index is 1.63. The van der Waals surface area contributed by atoms with Gasteiger partial charge < -0.3 is 10.0 Å². The number of aliphatic carboxylic acids is 1. The molecule has 7 heteroatoms. The highest BCUT2D eigenvalue weighted by molar-refractivity contribution is 7.89. The third kappa shape index (κ3) is 3.61. The molecule has 2 aromatic carbocycles. The predicted octanol–water partition coefficient (Wildman–Crippen LogP) is 3.08. The van der Waals surface area contributed by atoms with Gasteiger partial charge in [0.05, 0.1) is 10.8 Å². The van der Waals surface area contributed by atoms with Crippen LogP contribution in [0.3, 0.4) is 0 Å². The number of anilines is 1. The van der Waals surface area contributed by atoms with Gasteiger partial charge in [0.25, 0.3) is 0 Å². The van der Waals surface area contributed by atoms with Gasteiger partial charge >= 0.3 is 5.97 Å². The number of carbonyl (C=O) groups is 1. The molecule has 1 N–H and O–H groups in total. The van der Waals surface area contributed by atoms with E-state index in [0.29, 0.717) is 25.1 Å². The molecule has 1 aliphatic carbocycles. The number of hydrogen-bond acceptors (Lipinski definition) is 4. The monoisotopic (exact) mass is 428 g/mol. The molecule has 0 bridgehead atoms. The number of carboxylic acid groups (broad SMARTS) is 1. The van der Waals surface area contributed by atoms with Gasteiger partial charge in [0.1, 0.15) is 0 Å². The zero-order valence-corrected chi connectivity index (χ0v) is 18.4. The maximum atomic E-state index is 13.7. The van der Waals surface area contributed by atoms with E-state index in [1.165, 1.54) is 5.56 Å². The van der Waals surface area contributed by atoms with Crippen LogP contribution in [0, 0.1) is 12.8 Å². The van der Waals surface area contributed by atoms with Crippen LogP contribution >= 0.6 is 0 Å². The molecule has 1 heterocycles. The van der Waals surface area contributed by atoms with Crippen LogP contribution in [0.25, 0.3) is 0 Å². The molecule has 2 aliphatic rings. The topological polar surface area (TPSA) is 77.9 Å². The second-order valence-electron chi connectivity index (χ2n) is 8.61. The fourth-order valence-electron chi connectivity index (χ4n) is 4.90. The van der Waals surface area contributed by atoms with Crippen LogP contribution in [0.2, 0.25) is 0 Å². The lowest BCUT2D eigenvalue weighted by Gasteiger charge is -2.44. The van der Waals surface area contributed by atoms with Crippen LogP contribution in [-0.4, -0.2) is 49.0 Å². The summed E-state index contributed by atoms with van der Waals surface area (Å²) in [5.41, 5.74) is 3.80. The molecule has 0 aromatic heterocycles. The fraction of sp³-hybridized carbons (Fsp3) is 0.435. The number of piperazine rings is 1. The van der Waals surface area contributed by atoms with Gasteiger partial charge in [-0.1, -0.05) is 29.8 Å². The van der Waals surface area contributed by atoms with Crippen LogP contribution in [0.1, 0.15) is 30.5 Å². The number of rotatable bonds is 4. The first-order valence-electron chi connectivity index (χ1n) is 10.4. The van der Waals surface area contributed by atoms with E-state index in [1.54, 1.807) is 16.4 Å². The minimum absolute atomic E-state index is 0.201. The van der Waals surface area contributed by atoms with E-state index >= 15 is 0 Å². The molecule has 3 atom stereocenters. The number of carboxylic acids is 1. The van der Waals surface area contributed by atoms with Gasteiger partial charge in [0.2, 0.25) is 10.0 Å². The SMILES string of the molecule is Cc1ccc(N2C[C@@H](C)N(S(=O)(=O)c3cccc4c3CC(C(=O)O)C4)[C@@H](C)C2)cc1. The number of benzene rings is 2. The van der Waals surface area contributed by atoms with Crippen molar-refractivity contribution in [3.05, 3.63) is 59.2 Å². The molecule has 1 saturated heterocycles. The summed E-state index contributed by atoms with van der Waals surface area (Å²) in [6.07, 6.45) is 0.659. The van der Waals surface area contributed by atoms with Gasteiger partial charge in [0, 0.05) is 30.9 Å². The molecule has 0 amide bonds. The summed E-state index contributed by atoms with van der Waals surface area (Å²) in [5, 5.41) is 9.40. The highest BCUT2D eigenvalue weighted by Gasteiger charge is 2.41. The first kappa shape index (κ1) is 20.9. The van der Waals surface area contributed by atoms with E-state index in [1.807, 2.05) is 26.8 Å². The Labute approximate surface area is 178 Å². The summed E-state index contributed by atoms with van der Waals surface area (Å²) in [4.78, 5) is 14.0. The standard InChI is InChI=1S/C23H28N2O4S/c1-15-7-9-20(10-8-15)24-13-16(2)25(17(3)14-24)30(28,29)22-6-4-5-18-11-19(23(26)27)12-21(18)22/h4-10,16-17,19H,11-14H2,1-3H3,(H,26,27)/t16-,17+,19?. The summed E-state index contributed by atoms with van der Waals surface area (Å²) in [6.45, 7) is 7.15. The molecule has 30 heavy (non-hydrogen) atoms. The number of hydrogen-bond donors (Lipinski definition) is 1. The summed E-state index contributed by atoms with van der Waals surface area (Å²) >= 11 is 0. The lowest BCUT2D eigenvalue weighted by atomic mass is 10.1. The van der Waals surface area contributed by atoms with Crippen molar-refractivity contribution in [3.63, 3.8) is 0 Å². The van der Waals surface area contributed by atoms with Crippen molar-refractivity contribution in [1.82, 2.24) is 4.31 Å². The second-order valence-corrected chi connectivity index (χ2v) is 10.4. The molecule has 0 saturated carbocycles. The van der Waals surface area contributed by atoms with Crippen molar-refractivity contribution in [2.24, 2.45) is 5.92 Å². The summed E-state index contributed by atoms with van der Waals surface area (Å²) in [6, 6.07) is 13.1. The summed E-state index contributed by atoms with van der Waals surface area (Å²) in [7, 11) is -3.73. The largest absolute Gasteiger partial charge is 0.481 e. The van der Waals surface area contributed by atoms with Crippen LogP contribution < -0.4 is 4.90 Å². The van der Waals surface area contributed by atoms with Gasteiger partial charge in [0.15, 0.2) is 0 Å². The lowest BCUT2D eigenvalue weighted by molar-refractivity contribution is -0.141. The Morgan fingerprint density at radius 1 is 1.00 bits per heavy atom. The van der Waals surface area contributed by atoms with Crippen molar-refractivity contribution in [2.45, 2.75) is 50.6 Å². The molecule has 6 nitrogen and oxygen atoms in total. The second kappa shape index (κ2) is 7.71. The minimum Gasteiger partial charge on any atom is -0.481 e. The van der Waals surface area contributed by atoms with Crippen molar-refractivity contribution in [1.29, 1.82) is 0 Å². The first-order chi connectivity index (χ1) is 14.2. The molecule has 4 rings (SSSR count). The fourth-order valence-corrected chi connectivity index (χ4v) is 6.98. The van der Waals surface area contributed by atoms with Crippen molar-refractivity contribution in [2.75, 3.05) is 18.0 Å². The molecule has 2 aromatic rings. The van der Waals surface area contributed by atoms with Crippen molar-refractivity contribution < 1.29 is 18.3 Å². The Morgan fingerprint density at radius 2 is 1.63 bits per heavy atom. The molecule has 0 radical (unpaired) electrons. The molecular formula is C23H28N2O4S. The van der Waals surface area contributed by atoms with E-state index in [4.69, 9.17) is 0 Å². The summed E-state index contributed by atoms with van der Waals surface area (Å²) in [5.74, 6) is -1.42. The highest BCUT2D eigenvalue weighted by Crippen LogP contribution is 2.35.